The monoisotopic (exact) mass is 309 g/mol. The Morgan fingerprint density at radius 2 is 1.70 bits per heavy atom. The zero-order valence-electron chi connectivity index (χ0n) is 13.2. The van der Waals surface area contributed by atoms with Gasteiger partial charge in [-0.25, -0.2) is 0 Å². The molecule has 0 aromatic heterocycles. The van der Waals surface area contributed by atoms with Crippen LogP contribution in [0.15, 0.2) is 54.6 Å². The van der Waals surface area contributed by atoms with Gasteiger partial charge in [0, 0.05) is 30.5 Å². The molecule has 23 heavy (non-hydrogen) atoms. The molecule has 0 radical (unpaired) electrons. The van der Waals surface area contributed by atoms with Gasteiger partial charge >= 0.3 is 0 Å². The molecule has 3 N–H and O–H groups in total. The number of piperidine rings is 1. The van der Waals surface area contributed by atoms with E-state index in [0.717, 1.165) is 37.2 Å². The summed E-state index contributed by atoms with van der Waals surface area (Å²) in [5.41, 5.74) is 8.65. The second kappa shape index (κ2) is 7.18. The maximum absolute atomic E-state index is 12.2. The highest BCUT2D eigenvalue weighted by Crippen LogP contribution is 2.19. The second-order valence-corrected chi connectivity index (χ2v) is 6.08. The number of rotatable bonds is 4. The fraction of sp³-hybridized carbons (Fsp3) is 0.316. The van der Waals surface area contributed by atoms with Crippen molar-refractivity contribution in [3.63, 3.8) is 0 Å². The number of nitrogens with two attached hydrogens (primary N) is 1. The molecule has 4 nitrogen and oxygen atoms in total. The van der Waals surface area contributed by atoms with Gasteiger partial charge in [-0.05, 0) is 42.7 Å². The molecule has 1 aliphatic rings. The van der Waals surface area contributed by atoms with Gasteiger partial charge in [-0.15, -0.1) is 0 Å². The first-order chi connectivity index (χ1) is 11.2. The van der Waals surface area contributed by atoms with Crippen LogP contribution in [-0.2, 0) is 11.2 Å². The number of benzene rings is 2. The van der Waals surface area contributed by atoms with Gasteiger partial charge in [-0.2, -0.15) is 0 Å². The number of amides is 1. The molecule has 0 atom stereocenters. The van der Waals surface area contributed by atoms with Crippen LogP contribution in [0.1, 0.15) is 18.4 Å². The molecule has 2 aromatic carbocycles. The summed E-state index contributed by atoms with van der Waals surface area (Å²) in [7, 11) is 0. The van der Waals surface area contributed by atoms with Crippen LogP contribution >= 0.6 is 0 Å². The number of hydrogen-bond acceptors (Lipinski definition) is 3. The van der Waals surface area contributed by atoms with Gasteiger partial charge in [-0.3, -0.25) is 4.79 Å². The van der Waals surface area contributed by atoms with E-state index in [4.69, 9.17) is 5.73 Å². The molecule has 1 fully saturated rings. The third-order valence-corrected chi connectivity index (χ3v) is 4.33. The van der Waals surface area contributed by atoms with Crippen LogP contribution in [0.2, 0.25) is 0 Å². The van der Waals surface area contributed by atoms with E-state index in [1.807, 2.05) is 30.3 Å². The first kappa shape index (κ1) is 15.4. The molecular formula is C19H23N3O. The predicted molar refractivity (Wildman–Crippen MR) is 94.4 cm³/mol. The summed E-state index contributed by atoms with van der Waals surface area (Å²) < 4.78 is 0. The molecule has 4 heteroatoms. The summed E-state index contributed by atoms with van der Waals surface area (Å²) >= 11 is 0. The van der Waals surface area contributed by atoms with Crippen LogP contribution in [0, 0.1) is 0 Å². The molecule has 0 aliphatic carbocycles. The van der Waals surface area contributed by atoms with Crippen molar-refractivity contribution in [2.24, 2.45) is 0 Å². The molecule has 0 spiro atoms. The molecule has 0 unspecified atom stereocenters. The molecule has 1 saturated heterocycles. The molecule has 1 heterocycles. The zero-order valence-corrected chi connectivity index (χ0v) is 13.2. The van der Waals surface area contributed by atoms with Gasteiger partial charge in [0.25, 0.3) is 0 Å². The standard InChI is InChI=1S/C19H23N3O/c20-16-8-6-15(7-9-16)14-19(23)21-17-10-12-22(13-11-17)18-4-2-1-3-5-18/h1-9,17H,10-14,20H2,(H,21,23). The molecular weight excluding hydrogens is 286 g/mol. The van der Waals surface area contributed by atoms with Gasteiger partial charge in [0.1, 0.15) is 0 Å². The van der Waals surface area contributed by atoms with E-state index in [1.54, 1.807) is 0 Å². The summed E-state index contributed by atoms with van der Waals surface area (Å²) in [5, 5.41) is 3.16. The third-order valence-electron chi connectivity index (χ3n) is 4.33. The fourth-order valence-electron chi connectivity index (χ4n) is 3.02. The smallest absolute Gasteiger partial charge is 0.224 e. The number of carbonyl (C=O) groups excluding carboxylic acids is 1. The molecule has 1 aliphatic heterocycles. The van der Waals surface area contributed by atoms with Crippen molar-refractivity contribution in [1.29, 1.82) is 0 Å². The molecule has 2 aromatic rings. The van der Waals surface area contributed by atoms with Crippen molar-refractivity contribution in [2.45, 2.75) is 25.3 Å². The lowest BCUT2D eigenvalue weighted by atomic mass is 10.0. The first-order valence-corrected chi connectivity index (χ1v) is 8.14. The minimum Gasteiger partial charge on any atom is -0.399 e. The summed E-state index contributed by atoms with van der Waals surface area (Å²) in [4.78, 5) is 14.5. The average molecular weight is 309 g/mol. The molecule has 3 rings (SSSR count). The van der Waals surface area contributed by atoms with Crippen molar-refractivity contribution in [3.8, 4) is 0 Å². The number of para-hydroxylation sites is 1. The Morgan fingerprint density at radius 1 is 1.04 bits per heavy atom. The maximum Gasteiger partial charge on any atom is 0.224 e. The lowest BCUT2D eigenvalue weighted by Crippen LogP contribution is -2.45. The van der Waals surface area contributed by atoms with Crippen LogP contribution in [0.25, 0.3) is 0 Å². The Balaban J connectivity index is 1.47. The molecule has 1 amide bonds. The number of anilines is 2. The third kappa shape index (κ3) is 4.25. The Labute approximate surface area is 137 Å². The van der Waals surface area contributed by atoms with E-state index in [0.29, 0.717) is 6.42 Å². The Morgan fingerprint density at radius 3 is 2.35 bits per heavy atom. The van der Waals surface area contributed by atoms with E-state index in [1.165, 1.54) is 5.69 Å². The highest BCUT2D eigenvalue weighted by molar-refractivity contribution is 5.79. The van der Waals surface area contributed by atoms with Gasteiger partial charge in [0.2, 0.25) is 5.91 Å². The van der Waals surface area contributed by atoms with Crippen LogP contribution < -0.4 is 16.0 Å². The second-order valence-electron chi connectivity index (χ2n) is 6.08. The van der Waals surface area contributed by atoms with Crippen molar-refractivity contribution in [3.05, 3.63) is 60.2 Å². The zero-order chi connectivity index (χ0) is 16.1. The van der Waals surface area contributed by atoms with Crippen molar-refractivity contribution < 1.29 is 4.79 Å². The van der Waals surface area contributed by atoms with E-state index in [-0.39, 0.29) is 11.9 Å². The quantitative estimate of drug-likeness (QED) is 0.854. The van der Waals surface area contributed by atoms with E-state index in [9.17, 15) is 4.79 Å². The van der Waals surface area contributed by atoms with E-state index < -0.39 is 0 Å². The van der Waals surface area contributed by atoms with Gasteiger partial charge < -0.3 is 16.0 Å². The van der Waals surface area contributed by atoms with E-state index in [2.05, 4.69) is 34.5 Å². The van der Waals surface area contributed by atoms with Gasteiger partial charge in [-0.1, -0.05) is 30.3 Å². The van der Waals surface area contributed by atoms with Crippen LogP contribution in [0.3, 0.4) is 0 Å². The van der Waals surface area contributed by atoms with Crippen LogP contribution in [0.4, 0.5) is 11.4 Å². The minimum absolute atomic E-state index is 0.0907. The van der Waals surface area contributed by atoms with E-state index >= 15 is 0 Å². The highest BCUT2D eigenvalue weighted by Gasteiger charge is 2.20. The van der Waals surface area contributed by atoms with Crippen molar-refractivity contribution >= 4 is 17.3 Å². The Hall–Kier alpha value is -2.49. The number of hydrogen-bond donors (Lipinski definition) is 2. The predicted octanol–water partition coefficient (Wildman–Crippen LogP) is 2.60. The van der Waals surface area contributed by atoms with Crippen LogP contribution in [-0.4, -0.2) is 25.0 Å². The van der Waals surface area contributed by atoms with Crippen molar-refractivity contribution in [1.82, 2.24) is 5.32 Å². The first-order valence-electron chi connectivity index (χ1n) is 8.14. The number of carbonyl (C=O) groups is 1. The lowest BCUT2D eigenvalue weighted by Gasteiger charge is -2.34. The van der Waals surface area contributed by atoms with Crippen molar-refractivity contribution in [2.75, 3.05) is 23.7 Å². The summed E-state index contributed by atoms with van der Waals surface area (Å²) in [5.74, 6) is 0.0907. The largest absolute Gasteiger partial charge is 0.399 e. The summed E-state index contributed by atoms with van der Waals surface area (Å²) in [6, 6.07) is 18.2. The number of nitrogens with one attached hydrogen (secondary N) is 1. The molecule has 120 valence electrons. The molecule has 0 bridgehead atoms. The highest BCUT2D eigenvalue weighted by atomic mass is 16.1. The summed E-state index contributed by atoms with van der Waals surface area (Å²) in [6.07, 6.45) is 2.39. The fourth-order valence-corrected chi connectivity index (χ4v) is 3.02. The lowest BCUT2D eigenvalue weighted by molar-refractivity contribution is -0.121. The maximum atomic E-state index is 12.2. The number of nitrogens with zero attached hydrogens (tertiary/aromatic N) is 1. The van der Waals surface area contributed by atoms with Gasteiger partial charge in [0.15, 0.2) is 0 Å². The Kier molecular flexibility index (Phi) is 4.81. The Bertz CT molecular complexity index is 631. The summed E-state index contributed by atoms with van der Waals surface area (Å²) in [6.45, 7) is 1.97. The SMILES string of the molecule is Nc1ccc(CC(=O)NC2CCN(c3ccccc3)CC2)cc1. The average Bonchev–Trinajstić information content (AvgIpc) is 2.58. The molecule has 0 saturated carbocycles. The number of nitrogen functional groups attached to an aromatic ring is 1. The topological polar surface area (TPSA) is 58.4 Å². The minimum atomic E-state index is 0.0907. The van der Waals surface area contributed by atoms with Gasteiger partial charge in [0.05, 0.1) is 6.42 Å². The van der Waals surface area contributed by atoms with Crippen LogP contribution in [0.5, 0.6) is 0 Å². The normalized spacial score (nSPS) is 15.4.